The molecule has 2 rings (SSSR count). The molecule has 4 heteroatoms. The average molecular weight is 255 g/mol. The summed E-state index contributed by atoms with van der Waals surface area (Å²) in [4.78, 5) is 2.39. The van der Waals surface area contributed by atoms with E-state index in [4.69, 9.17) is 16.3 Å². The van der Waals surface area contributed by atoms with Crippen LogP contribution in [0.5, 0.6) is 5.75 Å². The van der Waals surface area contributed by atoms with Gasteiger partial charge in [0.15, 0.2) is 0 Å². The number of ether oxygens (including phenoxy) is 1. The molecule has 17 heavy (non-hydrogen) atoms. The van der Waals surface area contributed by atoms with E-state index in [1.54, 1.807) is 7.11 Å². The zero-order chi connectivity index (χ0) is 12.4. The Morgan fingerprint density at radius 2 is 2.24 bits per heavy atom. The number of benzene rings is 1. The minimum Gasteiger partial charge on any atom is -0.495 e. The first kappa shape index (κ1) is 12.5. The average Bonchev–Trinajstić information content (AvgIpc) is 2.33. The minimum absolute atomic E-state index is 0.494. The SMILES string of the molecule is COc1cc(N2CCNC[C@@H]2C)cc(C)c1Cl. The molecule has 0 bridgehead atoms. The molecule has 1 atom stereocenters. The number of halogens is 1. The molecular formula is C13H19ClN2O. The van der Waals surface area contributed by atoms with Crippen molar-refractivity contribution in [3.63, 3.8) is 0 Å². The van der Waals surface area contributed by atoms with E-state index in [1.807, 2.05) is 13.0 Å². The van der Waals surface area contributed by atoms with Crippen LogP contribution in [0.3, 0.4) is 0 Å². The summed E-state index contributed by atoms with van der Waals surface area (Å²) in [6.07, 6.45) is 0. The number of hydrogen-bond acceptors (Lipinski definition) is 3. The van der Waals surface area contributed by atoms with Gasteiger partial charge in [-0.1, -0.05) is 11.6 Å². The first-order valence-corrected chi connectivity index (χ1v) is 6.32. The van der Waals surface area contributed by atoms with Gasteiger partial charge in [-0.25, -0.2) is 0 Å². The monoisotopic (exact) mass is 254 g/mol. The Labute approximate surface area is 108 Å². The van der Waals surface area contributed by atoms with Crippen LogP contribution in [0, 0.1) is 6.92 Å². The van der Waals surface area contributed by atoms with Gasteiger partial charge in [-0.2, -0.15) is 0 Å². The Bertz CT molecular complexity index is 409. The lowest BCUT2D eigenvalue weighted by atomic mass is 10.1. The van der Waals surface area contributed by atoms with Crippen molar-refractivity contribution >= 4 is 17.3 Å². The summed E-state index contributed by atoms with van der Waals surface area (Å²) in [5.74, 6) is 0.757. The van der Waals surface area contributed by atoms with Gasteiger partial charge in [0.25, 0.3) is 0 Å². The highest BCUT2D eigenvalue weighted by Gasteiger charge is 2.19. The van der Waals surface area contributed by atoms with Crippen LogP contribution < -0.4 is 15.0 Å². The van der Waals surface area contributed by atoms with Gasteiger partial charge in [-0.15, -0.1) is 0 Å². The molecule has 94 valence electrons. The molecule has 0 saturated carbocycles. The molecule has 0 unspecified atom stereocenters. The maximum atomic E-state index is 6.18. The van der Waals surface area contributed by atoms with Gasteiger partial charge in [0.2, 0.25) is 0 Å². The molecule has 1 fully saturated rings. The molecule has 1 aliphatic rings. The quantitative estimate of drug-likeness (QED) is 0.878. The topological polar surface area (TPSA) is 24.5 Å². The molecule has 0 aromatic heterocycles. The Morgan fingerprint density at radius 3 is 2.88 bits per heavy atom. The number of aryl methyl sites for hydroxylation is 1. The van der Waals surface area contributed by atoms with E-state index in [9.17, 15) is 0 Å². The predicted molar refractivity (Wildman–Crippen MR) is 72.4 cm³/mol. The van der Waals surface area contributed by atoms with Gasteiger partial charge in [0, 0.05) is 37.4 Å². The van der Waals surface area contributed by atoms with Crippen LogP contribution in [-0.2, 0) is 0 Å². The van der Waals surface area contributed by atoms with Crippen LogP contribution in [0.4, 0.5) is 5.69 Å². The fraction of sp³-hybridized carbons (Fsp3) is 0.538. The van der Waals surface area contributed by atoms with Crippen LogP contribution in [0.1, 0.15) is 12.5 Å². The molecule has 0 aliphatic carbocycles. The van der Waals surface area contributed by atoms with Gasteiger partial charge in [0.1, 0.15) is 5.75 Å². The third kappa shape index (κ3) is 2.50. The van der Waals surface area contributed by atoms with E-state index in [0.29, 0.717) is 11.1 Å². The smallest absolute Gasteiger partial charge is 0.139 e. The van der Waals surface area contributed by atoms with E-state index < -0.39 is 0 Å². The number of methoxy groups -OCH3 is 1. The van der Waals surface area contributed by atoms with E-state index >= 15 is 0 Å². The Kier molecular flexibility index (Phi) is 3.79. The summed E-state index contributed by atoms with van der Waals surface area (Å²) in [7, 11) is 1.66. The van der Waals surface area contributed by atoms with Crippen molar-refractivity contribution in [1.82, 2.24) is 5.32 Å². The molecule has 1 N–H and O–H groups in total. The maximum Gasteiger partial charge on any atom is 0.139 e. The van der Waals surface area contributed by atoms with Crippen molar-refractivity contribution in [1.29, 1.82) is 0 Å². The summed E-state index contributed by atoms with van der Waals surface area (Å²) < 4.78 is 5.32. The minimum atomic E-state index is 0.494. The van der Waals surface area contributed by atoms with Gasteiger partial charge < -0.3 is 15.0 Å². The van der Waals surface area contributed by atoms with Crippen molar-refractivity contribution in [3.8, 4) is 5.75 Å². The van der Waals surface area contributed by atoms with E-state index in [1.165, 1.54) is 5.69 Å². The second kappa shape index (κ2) is 5.15. The molecule has 1 heterocycles. The summed E-state index contributed by atoms with van der Waals surface area (Å²) >= 11 is 6.18. The number of anilines is 1. The van der Waals surface area contributed by atoms with Gasteiger partial charge >= 0.3 is 0 Å². The van der Waals surface area contributed by atoms with Gasteiger partial charge in [0.05, 0.1) is 12.1 Å². The fourth-order valence-electron chi connectivity index (χ4n) is 2.26. The lowest BCUT2D eigenvalue weighted by Gasteiger charge is -2.36. The lowest BCUT2D eigenvalue weighted by molar-refractivity contribution is 0.414. The second-order valence-electron chi connectivity index (χ2n) is 4.53. The van der Waals surface area contributed by atoms with Gasteiger partial charge in [-0.05, 0) is 25.5 Å². The Balaban J connectivity index is 2.34. The normalized spacial score (nSPS) is 20.5. The van der Waals surface area contributed by atoms with Crippen molar-refractivity contribution in [2.45, 2.75) is 19.9 Å². The van der Waals surface area contributed by atoms with E-state index in [2.05, 4.69) is 23.2 Å². The lowest BCUT2D eigenvalue weighted by Crippen LogP contribution is -2.49. The van der Waals surface area contributed by atoms with Crippen molar-refractivity contribution in [3.05, 3.63) is 22.7 Å². The molecule has 1 aliphatic heterocycles. The molecule has 1 saturated heterocycles. The summed E-state index contributed by atoms with van der Waals surface area (Å²) in [6.45, 7) is 7.30. The zero-order valence-electron chi connectivity index (χ0n) is 10.6. The molecule has 0 amide bonds. The maximum absolute atomic E-state index is 6.18. The molecule has 0 spiro atoms. The number of rotatable bonds is 2. The molecule has 1 aromatic rings. The third-order valence-electron chi connectivity index (χ3n) is 3.26. The molecule has 3 nitrogen and oxygen atoms in total. The van der Waals surface area contributed by atoms with Crippen LogP contribution in [0.25, 0.3) is 0 Å². The highest BCUT2D eigenvalue weighted by molar-refractivity contribution is 6.32. The number of hydrogen-bond donors (Lipinski definition) is 1. The van der Waals surface area contributed by atoms with Crippen molar-refractivity contribution in [2.24, 2.45) is 0 Å². The first-order chi connectivity index (χ1) is 8.13. The van der Waals surface area contributed by atoms with Crippen molar-refractivity contribution in [2.75, 3.05) is 31.6 Å². The van der Waals surface area contributed by atoms with Gasteiger partial charge in [-0.3, -0.25) is 0 Å². The molecular weight excluding hydrogens is 236 g/mol. The standard InChI is InChI=1S/C13H19ClN2O/c1-9-6-11(7-12(17-3)13(9)14)16-5-4-15-8-10(16)2/h6-7,10,15H,4-5,8H2,1-3H3/t10-/m0/s1. The second-order valence-corrected chi connectivity index (χ2v) is 4.90. The zero-order valence-corrected chi connectivity index (χ0v) is 11.3. The highest BCUT2D eigenvalue weighted by atomic mass is 35.5. The number of nitrogens with one attached hydrogen (secondary N) is 1. The van der Waals surface area contributed by atoms with Crippen LogP contribution in [-0.4, -0.2) is 32.8 Å². The Hall–Kier alpha value is -0.930. The first-order valence-electron chi connectivity index (χ1n) is 5.95. The summed E-state index contributed by atoms with van der Waals surface area (Å²) in [5.41, 5.74) is 2.25. The fourth-order valence-corrected chi connectivity index (χ4v) is 2.44. The predicted octanol–water partition coefficient (Wildman–Crippen LogP) is 2.46. The summed E-state index contributed by atoms with van der Waals surface area (Å²) in [5, 5.41) is 4.10. The Morgan fingerprint density at radius 1 is 1.47 bits per heavy atom. The van der Waals surface area contributed by atoms with E-state index in [0.717, 1.165) is 30.9 Å². The van der Waals surface area contributed by atoms with E-state index in [-0.39, 0.29) is 0 Å². The van der Waals surface area contributed by atoms with Crippen LogP contribution in [0.15, 0.2) is 12.1 Å². The largest absolute Gasteiger partial charge is 0.495 e. The highest BCUT2D eigenvalue weighted by Crippen LogP contribution is 2.33. The number of piperazine rings is 1. The van der Waals surface area contributed by atoms with Crippen LogP contribution >= 0.6 is 11.6 Å². The molecule has 1 aromatic carbocycles. The third-order valence-corrected chi connectivity index (χ3v) is 3.74. The number of nitrogens with zero attached hydrogens (tertiary/aromatic N) is 1. The van der Waals surface area contributed by atoms with Crippen LogP contribution in [0.2, 0.25) is 5.02 Å². The summed E-state index contributed by atoms with van der Waals surface area (Å²) in [6, 6.07) is 4.65. The van der Waals surface area contributed by atoms with Crippen molar-refractivity contribution < 1.29 is 4.74 Å². The molecule has 0 radical (unpaired) electrons.